The number of benzene rings is 1. The third-order valence-electron chi connectivity index (χ3n) is 3.35. The van der Waals surface area contributed by atoms with Crippen LogP contribution in [0.1, 0.15) is 0 Å². The molecule has 4 nitrogen and oxygen atoms in total. The lowest BCUT2D eigenvalue weighted by atomic mass is 10.0. The zero-order valence-electron chi connectivity index (χ0n) is 11.0. The molecule has 4 rings (SSSR count). The summed E-state index contributed by atoms with van der Waals surface area (Å²) < 4.78 is 5.47. The number of nitrogen functional groups attached to an aromatic ring is 1. The minimum Gasteiger partial charge on any atom is -0.380 e. The summed E-state index contributed by atoms with van der Waals surface area (Å²) in [6.45, 7) is 0. The number of thiophene rings is 1. The predicted octanol–water partition coefficient (Wildman–Crippen LogP) is 4.20. The van der Waals surface area contributed by atoms with Crippen LogP contribution in [-0.4, -0.2) is 10.1 Å². The average molecular weight is 293 g/mol. The molecule has 0 amide bonds. The molecule has 4 aromatic rings. The smallest absolute Gasteiger partial charge is 0.177 e. The van der Waals surface area contributed by atoms with Crippen LogP contribution in [0.5, 0.6) is 0 Å². The zero-order valence-corrected chi connectivity index (χ0v) is 11.8. The summed E-state index contributed by atoms with van der Waals surface area (Å²) in [6, 6.07) is 13.9. The molecular formula is C16H11N3OS. The van der Waals surface area contributed by atoms with Gasteiger partial charge in [0.05, 0.1) is 11.1 Å². The van der Waals surface area contributed by atoms with Gasteiger partial charge in [-0.3, -0.25) is 4.98 Å². The number of nitrogens with two attached hydrogens (primary N) is 1. The molecule has 102 valence electrons. The van der Waals surface area contributed by atoms with Crippen molar-refractivity contribution < 1.29 is 4.52 Å². The maximum absolute atomic E-state index is 5.97. The largest absolute Gasteiger partial charge is 0.380 e. The van der Waals surface area contributed by atoms with E-state index in [-0.39, 0.29) is 0 Å². The lowest BCUT2D eigenvalue weighted by Crippen LogP contribution is -1.87. The molecule has 21 heavy (non-hydrogen) atoms. The lowest BCUT2D eigenvalue weighted by Gasteiger charge is -2.02. The van der Waals surface area contributed by atoms with E-state index >= 15 is 0 Å². The molecule has 0 saturated heterocycles. The van der Waals surface area contributed by atoms with E-state index in [0.717, 1.165) is 26.9 Å². The van der Waals surface area contributed by atoms with Crippen LogP contribution in [0, 0.1) is 0 Å². The van der Waals surface area contributed by atoms with Crippen molar-refractivity contribution in [1.82, 2.24) is 10.1 Å². The van der Waals surface area contributed by atoms with Crippen LogP contribution in [0.2, 0.25) is 0 Å². The topological polar surface area (TPSA) is 64.9 Å². The molecule has 0 aliphatic heterocycles. The maximum atomic E-state index is 5.97. The van der Waals surface area contributed by atoms with Crippen LogP contribution in [-0.2, 0) is 0 Å². The molecule has 0 saturated carbocycles. The van der Waals surface area contributed by atoms with Crippen molar-refractivity contribution in [3.63, 3.8) is 0 Å². The van der Waals surface area contributed by atoms with Crippen molar-refractivity contribution in [2.75, 3.05) is 5.73 Å². The molecular weight excluding hydrogens is 282 g/mol. The number of nitrogens with zero attached hydrogens (tertiary/aromatic N) is 2. The summed E-state index contributed by atoms with van der Waals surface area (Å²) in [6.07, 6.45) is 1.78. The first-order chi connectivity index (χ1) is 10.3. The van der Waals surface area contributed by atoms with Gasteiger partial charge in [0.25, 0.3) is 0 Å². The Morgan fingerprint density at radius 3 is 2.90 bits per heavy atom. The monoisotopic (exact) mass is 293 g/mol. The van der Waals surface area contributed by atoms with Gasteiger partial charge in [-0.05, 0) is 35.7 Å². The van der Waals surface area contributed by atoms with Crippen LogP contribution < -0.4 is 5.73 Å². The van der Waals surface area contributed by atoms with Crippen molar-refractivity contribution in [2.24, 2.45) is 0 Å². The van der Waals surface area contributed by atoms with Gasteiger partial charge in [-0.25, -0.2) is 0 Å². The van der Waals surface area contributed by atoms with Gasteiger partial charge in [-0.15, -0.1) is 11.3 Å². The minimum absolute atomic E-state index is 0.415. The molecule has 0 aliphatic rings. The predicted molar refractivity (Wildman–Crippen MR) is 85.0 cm³/mol. The summed E-state index contributed by atoms with van der Waals surface area (Å²) in [5, 5.41) is 6.99. The highest BCUT2D eigenvalue weighted by Crippen LogP contribution is 2.39. The fourth-order valence-electron chi connectivity index (χ4n) is 2.38. The Labute approximate surface area is 124 Å². The van der Waals surface area contributed by atoms with E-state index in [1.54, 1.807) is 17.5 Å². The second-order valence-corrected chi connectivity index (χ2v) is 5.61. The summed E-state index contributed by atoms with van der Waals surface area (Å²) in [5.41, 5.74) is 8.72. The Bertz CT molecular complexity index is 912. The van der Waals surface area contributed by atoms with Crippen molar-refractivity contribution in [2.45, 2.75) is 0 Å². The molecule has 0 spiro atoms. The normalized spacial score (nSPS) is 11.0. The molecule has 0 bridgehead atoms. The number of aromatic nitrogens is 2. The summed E-state index contributed by atoms with van der Waals surface area (Å²) in [7, 11) is 0. The van der Waals surface area contributed by atoms with Gasteiger partial charge in [0.15, 0.2) is 11.6 Å². The van der Waals surface area contributed by atoms with Gasteiger partial charge in [-0.1, -0.05) is 17.3 Å². The third kappa shape index (κ3) is 1.98. The van der Waals surface area contributed by atoms with Crippen LogP contribution in [0.25, 0.3) is 32.7 Å². The number of rotatable bonds is 2. The molecule has 0 radical (unpaired) electrons. The SMILES string of the molecule is Nc1noc(-c2ccc3ncccc3c2)c1-c1cccs1. The van der Waals surface area contributed by atoms with Crippen molar-refractivity contribution in [3.05, 3.63) is 54.0 Å². The third-order valence-corrected chi connectivity index (χ3v) is 4.24. The highest BCUT2D eigenvalue weighted by atomic mass is 32.1. The molecule has 1 aromatic carbocycles. The molecule has 0 atom stereocenters. The van der Waals surface area contributed by atoms with Crippen LogP contribution in [0.15, 0.2) is 58.6 Å². The fourth-order valence-corrected chi connectivity index (χ4v) is 3.15. The highest BCUT2D eigenvalue weighted by molar-refractivity contribution is 7.13. The summed E-state index contributed by atoms with van der Waals surface area (Å²) in [4.78, 5) is 5.38. The van der Waals surface area contributed by atoms with Crippen LogP contribution in [0.3, 0.4) is 0 Å². The lowest BCUT2D eigenvalue weighted by molar-refractivity contribution is 0.436. The quantitative estimate of drug-likeness (QED) is 0.601. The van der Waals surface area contributed by atoms with Crippen molar-refractivity contribution >= 4 is 28.1 Å². The first kappa shape index (κ1) is 12.1. The zero-order chi connectivity index (χ0) is 14.2. The Morgan fingerprint density at radius 1 is 1.10 bits per heavy atom. The number of hydrogen-bond acceptors (Lipinski definition) is 5. The molecule has 5 heteroatoms. The van der Waals surface area contributed by atoms with Gasteiger partial charge in [0.2, 0.25) is 0 Å². The highest BCUT2D eigenvalue weighted by Gasteiger charge is 2.18. The van der Waals surface area contributed by atoms with E-state index in [1.807, 2.05) is 47.8 Å². The first-order valence-electron chi connectivity index (χ1n) is 6.47. The first-order valence-corrected chi connectivity index (χ1v) is 7.35. The van der Waals surface area contributed by atoms with E-state index in [9.17, 15) is 0 Å². The maximum Gasteiger partial charge on any atom is 0.177 e. The minimum atomic E-state index is 0.415. The Balaban J connectivity index is 1.93. The van der Waals surface area contributed by atoms with Gasteiger partial charge in [0, 0.05) is 22.0 Å². The van der Waals surface area contributed by atoms with E-state index < -0.39 is 0 Å². The fraction of sp³-hybridized carbons (Fsp3) is 0. The Morgan fingerprint density at radius 2 is 2.05 bits per heavy atom. The molecule has 3 heterocycles. The number of pyridine rings is 1. The second-order valence-electron chi connectivity index (χ2n) is 4.66. The number of fused-ring (bicyclic) bond motifs is 1. The standard InChI is InChI=1S/C16H11N3OS/c17-16-14(13-4-2-8-21-13)15(20-19-16)11-5-6-12-10(9-11)3-1-7-18-12/h1-9H,(H2,17,19). The molecule has 0 unspecified atom stereocenters. The Kier molecular flexibility index (Phi) is 2.72. The van der Waals surface area contributed by atoms with Crippen molar-refractivity contribution in [3.8, 4) is 21.8 Å². The summed E-state index contributed by atoms with van der Waals surface area (Å²) >= 11 is 1.61. The molecule has 2 N–H and O–H groups in total. The van der Waals surface area contributed by atoms with E-state index in [0.29, 0.717) is 11.6 Å². The van der Waals surface area contributed by atoms with E-state index in [1.165, 1.54) is 0 Å². The van der Waals surface area contributed by atoms with Gasteiger partial charge in [-0.2, -0.15) is 0 Å². The average Bonchev–Trinajstić information content (AvgIpc) is 3.15. The van der Waals surface area contributed by atoms with Gasteiger partial charge in [0.1, 0.15) is 0 Å². The van der Waals surface area contributed by atoms with Gasteiger partial charge < -0.3 is 10.3 Å². The number of anilines is 1. The van der Waals surface area contributed by atoms with E-state index in [4.69, 9.17) is 10.3 Å². The van der Waals surface area contributed by atoms with Crippen LogP contribution in [0.4, 0.5) is 5.82 Å². The van der Waals surface area contributed by atoms with Crippen molar-refractivity contribution in [1.29, 1.82) is 0 Å². The Hall–Kier alpha value is -2.66. The number of hydrogen-bond donors (Lipinski definition) is 1. The molecule has 0 aliphatic carbocycles. The molecule has 0 fully saturated rings. The van der Waals surface area contributed by atoms with Crippen LogP contribution >= 0.6 is 11.3 Å². The summed E-state index contributed by atoms with van der Waals surface area (Å²) in [5.74, 6) is 1.11. The van der Waals surface area contributed by atoms with E-state index in [2.05, 4.69) is 10.1 Å². The molecule has 3 aromatic heterocycles. The van der Waals surface area contributed by atoms with Gasteiger partial charge >= 0.3 is 0 Å². The second kappa shape index (κ2) is 4.71.